The summed E-state index contributed by atoms with van der Waals surface area (Å²) in [6, 6.07) is 12.1. The summed E-state index contributed by atoms with van der Waals surface area (Å²) in [5.41, 5.74) is 1.15. The van der Waals surface area contributed by atoms with Gasteiger partial charge in [0.2, 0.25) is 0 Å². The lowest BCUT2D eigenvalue weighted by molar-refractivity contribution is 0.0607. The first-order chi connectivity index (χ1) is 12.7. The Labute approximate surface area is 153 Å². The Balaban J connectivity index is 1.44. The molecule has 2 aliphatic heterocycles. The second-order valence-electron chi connectivity index (χ2n) is 7.34. The number of amides is 1. The zero-order chi connectivity index (χ0) is 18.1. The number of hydrogen-bond acceptors (Lipinski definition) is 4. The zero-order valence-corrected chi connectivity index (χ0v) is 15.0. The minimum absolute atomic E-state index is 0.0405. The van der Waals surface area contributed by atoms with Crippen molar-refractivity contribution in [2.24, 2.45) is 5.92 Å². The van der Waals surface area contributed by atoms with E-state index in [9.17, 15) is 4.79 Å². The van der Waals surface area contributed by atoms with Crippen LogP contribution in [0.15, 0.2) is 42.7 Å². The Kier molecular flexibility index (Phi) is 4.48. The Morgan fingerprint density at radius 1 is 1.38 bits per heavy atom. The van der Waals surface area contributed by atoms with Gasteiger partial charge in [-0.15, -0.1) is 0 Å². The molecule has 0 aliphatic carbocycles. The fourth-order valence-corrected chi connectivity index (χ4v) is 4.49. The van der Waals surface area contributed by atoms with Gasteiger partial charge in [-0.25, -0.2) is 0 Å². The van der Waals surface area contributed by atoms with Crippen molar-refractivity contribution in [3.63, 3.8) is 0 Å². The number of piperidine rings is 1. The predicted molar refractivity (Wildman–Crippen MR) is 97.4 cm³/mol. The van der Waals surface area contributed by atoms with Crippen molar-refractivity contribution in [2.75, 3.05) is 20.1 Å². The van der Waals surface area contributed by atoms with Gasteiger partial charge in [-0.1, -0.05) is 6.07 Å². The molecule has 26 heavy (non-hydrogen) atoms. The molecule has 1 unspecified atom stereocenters. The van der Waals surface area contributed by atoms with Crippen LogP contribution in [0.3, 0.4) is 0 Å². The van der Waals surface area contributed by atoms with Crippen LogP contribution in [0.5, 0.6) is 0 Å². The molecule has 2 saturated heterocycles. The van der Waals surface area contributed by atoms with Gasteiger partial charge in [0.25, 0.3) is 5.91 Å². The van der Waals surface area contributed by atoms with E-state index >= 15 is 0 Å². The number of carbonyl (C=O) groups is 1. The van der Waals surface area contributed by atoms with E-state index in [4.69, 9.17) is 5.26 Å². The molecule has 2 aromatic rings. The maximum Gasteiger partial charge on any atom is 0.253 e. The molecule has 4 rings (SSSR count). The van der Waals surface area contributed by atoms with Crippen molar-refractivity contribution in [1.29, 1.82) is 5.26 Å². The van der Waals surface area contributed by atoms with Crippen LogP contribution in [0.4, 0.5) is 0 Å². The van der Waals surface area contributed by atoms with Gasteiger partial charge in [0.15, 0.2) is 0 Å². The molecule has 3 heterocycles. The quantitative estimate of drug-likeness (QED) is 0.850. The van der Waals surface area contributed by atoms with Gasteiger partial charge in [0, 0.05) is 43.1 Å². The van der Waals surface area contributed by atoms with Crippen LogP contribution < -0.4 is 0 Å². The number of hydrogen-bond donors (Lipinski definition) is 0. The van der Waals surface area contributed by atoms with E-state index in [0.717, 1.165) is 32.5 Å². The first kappa shape index (κ1) is 16.8. The SMILES string of the molecule is CN1C(Cn2cccn2)C[C@H]2CN(C(=O)c3cccc(C#N)c3)CC[C@H]21. The molecule has 0 spiro atoms. The highest BCUT2D eigenvalue weighted by Gasteiger charge is 2.43. The Bertz CT molecular complexity index is 825. The number of likely N-dealkylation sites (N-methyl/N-ethyl adjacent to an activating group) is 1. The lowest BCUT2D eigenvalue weighted by Gasteiger charge is -2.37. The molecular formula is C20H23N5O. The third-order valence-electron chi connectivity index (χ3n) is 5.85. The number of aromatic nitrogens is 2. The molecule has 3 atom stereocenters. The Morgan fingerprint density at radius 2 is 2.27 bits per heavy atom. The largest absolute Gasteiger partial charge is 0.338 e. The standard InChI is InChI=1S/C20H23N5O/c1-23-18(14-25-8-3-7-22-25)11-17-13-24(9-6-19(17)23)20(26)16-5-2-4-15(10-16)12-21/h2-5,7-8,10,17-19H,6,9,11,13-14H2,1H3/t17-,18?,19+/m0/s1. The van der Waals surface area contributed by atoms with Crippen LogP contribution in [0, 0.1) is 17.2 Å². The maximum atomic E-state index is 12.9. The van der Waals surface area contributed by atoms with E-state index in [1.165, 1.54) is 0 Å². The molecule has 1 amide bonds. The number of nitriles is 1. The van der Waals surface area contributed by atoms with Crippen molar-refractivity contribution in [3.8, 4) is 6.07 Å². The van der Waals surface area contributed by atoms with E-state index in [1.54, 1.807) is 24.3 Å². The van der Waals surface area contributed by atoms with E-state index in [2.05, 4.69) is 23.1 Å². The summed E-state index contributed by atoms with van der Waals surface area (Å²) >= 11 is 0. The van der Waals surface area contributed by atoms with E-state index in [0.29, 0.717) is 29.1 Å². The average molecular weight is 349 g/mol. The fourth-order valence-electron chi connectivity index (χ4n) is 4.49. The highest BCUT2D eigenvalue weighted by molar-refractivity contribution is 5.94. The molecule has 0 bridgehead atoms. The molecule has 2 aliphatic rings. The minimum atomic E-state index is 0.0405. The number of nitrogens with zero attached hydrogens (tertiary/aromatic N) is 5. The van der Waals surface area contributed by atoms with Gasteiger partial charge in [-0.2, -0.15) is 10.4 Å². The number of likely N-dealkylation sites (tertiary alicyclic amines) is 2. The topological polar surface area (TPSA) is 65.2 Å². The molecule has 0 N–H and O–H groups in total. The third kappa shape index (κ3) is 3.11. The summed E-state index contributed by atoms with van der Waals surface area (Å²) in [5, 5.41) is 13.4. The van der Waals surface area contributed by atoms with Gasteiger partial charge in [-0.05, 0) is 50.1 Å². The summed E-state index contributed by atoms with van der Waals surface area (Å²) < 4.78 is 1.99. The van der Waals surface area contributed by atoms with Crippen LogP contribution in [0.25, 0.3) is 0 Å². The number of benzene rings is 1. The number of fused-ring (bicyclic) bond motifs is 1. The summed E-state index contributed by atoms with van der Waals surface area (Å²) in [4.78, 5) is 17.3. The maximum absolute atomic E-state index is 12.9. The highest BCUT2D eigenvalue weighted by atomic mass is 16.2. The second-order valence-corrected chi connectivity index (χ2v) is 7.34. The van der Waals surface area contributed by atoms with Crippen LogP contribution in [0.1, 0.15) is 28.8 Å². The first-order valence-electron chi connectivity index (χ1n) is 9.14. The molecule has 0 saturated carbocycles. The molecule has 134 valence electrons. The predicted octanol–water partition coefficient (Wildman–Crippen LogP) is 1.99. The van der Waals surface area contributed by atoms with Crippen molar-refractivity contribution in [3.05, 3.63) is 53.9 Å². The van der Waals surface area contributed by atoms with E-state index < -0.39 is 0 Å². The summed E-state index contributed by atoms with van der Waals surface area (Å²) in [7, 11) is 2.20. The highest BCUT2D eigenvalue weighted by Crippen LogP contribution is 2.35. The molecule has 6 heteroatoms. The number of carbonyl (C=O) groups excluding carboxylic acids is 1. The van der Waals surface area contributed by atoms with Crippen molar-refractivity contribution < 1.29 is 4.79 Å². The van der Waals surface area contributed by atoms with Crippen molar-refractivity contribution >= 4 is 5.91 Å². The monoisotopic (exact) mass is 349 g/mol. The normalized spacial score (nSPS) is 25.7. The molecule has 6 nitrogen and oxygen atoms in total. The van der Waals surface area contributed by atoms with Gasteiger partial charge in [-0.3, -0.25) is 14.4 Å². The second kappa shape index (κ2) is 6.93. The molecule has 2 fully saturated rings. The van der Waals surface area contributed by atoms with E-state index in [1.807, 2.05) is 28.0 Å². The van der Waals surface area contributed by atoms with Crippen molar-refractivity contribution in [1.82, 2.24) is 19.6 Å². The molecule has 1 aromatic carbocycles. The smallest absolute Gasteiger partial charge is 0.253 e. The lowest BCUT2D eigenvalue weighted by Crippen LogP contribution is -2.47. The molecular weight excluding hydrogens is 326 g/mol. The van der Waals surface area contributed by atoms with Crippen LogP contribution in [-0.2, 0) is 6.54 Å². The lowest BCUT2D eigenvalue weighted by atomic mass is 9.91. The Morgan fingerprint density at radius 3 is 3.04 bits per heavy atom. The van der Waals surface area contributed by atoms with Gasteiger partial charge in [0.1, 0.15) is 0 Å². The third-order valence-corrected chi connectivity index (χ3v) is 5.85. The molecule has 0 radical (unpaired) electrons. The van der Waals surface area contributed by atoms with Gasteiger partial charge in [0.05, 0.1) is 18.2 Å². The minimum Gasteiger partial charge on any atom is -0.338 e. The van der Waals surface area contributed by atoms with Crippen LogP contribution in [-0.4, -0.2) is 57.7 Å². The number of rotatable bonds is 3. The van der Waals surface area contributed by atoms with Gasteiger partial charge >= 0.3 is 0 Å². The summed E-state index contributed by atoms with van der Waals surface area (Å²) in [6.45, 7) is 2.46. The molecule has 1 aromatic heterocycles. The van der Waals surface area contributed by atoms with Crippen molar-refractivity contribution in [2.45, 2.75) is 31.5 Å². The average Bonchev–Trinajstić information content (AvgIpc) is 3.29. The van der Waals surface area contributed by atoms with Crippen LogP contribution >= 0.6 is 0 Å². The first-order valence-corrected chi connectivity index (χ1v) is 9.14. The summed E-state index contributed by atoms with van der Waals surface area (Å²) in [5.74, 6) is 0.538. The van der Waals surface area contributed by atoms with Gasteiger partial charge < -0.3 is 4.90 Å². The van der Waals surface area contributed by atoms with E-state index in [-0.39, 0.29) is 5.91 Å². The zero-order valence-electron chi connectivity index (χ0n) is 15.0. The summed E-state index contributed by atoms with van der Waals surface area (Å²) in [6.07, 6.45) is 5.91. The Hall–Kier alpha value is -2.65. The fraction of sp³-hybridized carbons (Fsp3) is 0.450. The van der Waals surface area contributed by atoms with Crippen LogP contribution in [0.2, 0.25) is 0 Å².